The highest BCUT2D eigenvalue weighted by molar-refractivity contribution is 6.41. The maximum atomic E-state index is 14.2. The van der Waals surface area contributed by atoms with E-state index in [0.717, 1.165) is 0 Å². The molecule has 3 heterocycles. The molecule has 0 saturated carbocycles. The minimum atomic E-state index is -1.31. The third-order valence-corrected chi connectivity index (χ3v) is 10.2. The molecule has 4 atom stereocenters. The minimum Gasteiger partial charge on any atom is -0.497 e. The number of ketones is 2. The molecule has 0 aliphatic carbocycles. The molecule has 1 fully saturated rings. The van der Waals surface area contributed by atoms with E-state index < -0.39 is 64.8 Å². The number of benzene rings is 3. The van der Waals surface area contributed by atoms with Gasteiger partial charge in [-0.05, 0) is 82.7 Å². The molecule has 16 heteroatoms. The van der Waals surface area contributed by atoms with Crippen molar-refractivity contribution in [2.75, 3.05) is 25.5 Å². The number of aliphatic imine (C=N–C) groups is 1. The molecule has 3 aromatic rings. The van der Waals surface area contributed by atoms with Gasteiger partial charge in [0.05, 0.1) is 18.7 Å². The van der Waals surface area contributed by atoms with Gasteiger partial charge < -0.3 is 41.0 Å². The number of nitrogens with two attached hydrogens (primary N) is 2. The van der Waals surface area contributed by atoms with Crippen LogP contribution in [-0.4, -0.2) is 84.4 Å². The fourth-order valence-corrected chi connectivity index (χ4v) is 7.53. The Labute approximate surface area is 337 Å². The minimum absolute atomic E-state index is 0.0843. The number of guanidine groups is 1. The molecule has 2 unspecified atom stereocenters. The van der Waals surface area contributed by atoms with Crippen LogP contribution in [0.3, 0.4) is 0 Å². The molecule has 3 aliphatic rings. The second-order valence-corrected chi connectivity index (χ2v) is 15.9. The molecule has 0 radical (unpaired) electrons. The smallest absolute Gasteiger partial charge is 0.408 e. The number of nitrogens with one attached hydrogen (secondary N) is 3. The summed E-state index contributed by atoms with van der Waals surface area (Å²) in [7, 11) is 1.54. The number of fused-ring (bicyclic) bond motifs is 6. The fraction of sp³-hybridized carbons (Fsp3) is 0.429. The number of methoxy groups -OCH3 is 1. The Morgan fingerprint density at radius 3 is 2.40 bits per heavy atom. The van der Waals surface area contributed by atoms with Gasteiger partial charge in [0.15, 0.2) is 11.6 Å². The summed E-state index contributed by atoms with van der Waals surface area (Å²) in [5, 5.41) is 7.16. The summed E-state index contributed by atoms with van der Waals surface area (Å²) >= 11 is 0. The van der Waals surface area contributed by atoms with Crippen LogP contribution < -0.4 is 37.0 Å². The molecule has 0 aromatic heterocycles. The number of hydrogen-bond donors (Lipinski definition) is 5. The third-order valence-electron chi connectivity index (χ3n) is 10.2. The van der Waals surface area contributed by atoms with Crippen LogP contribution in [-0.2, 0) is 29.5 Å². The van der Waals surface area contributed by atoms with E-state index in [2.05, 4.69) is 21.1 Å². The van der Waals surface area contributed by atoms with Crippen LogP contribution in [0.2, 0.25) is 0 Å². The normalized spacial score (nSPS) is 19.2. The van der Waals surface area contributed by atoms with Gasteiger partial charge in [-0.15, -0.1) is 0 Å². The van der Waals surface area contributed by atoms with Crippen molar-refractivity contribution in [3.8, 4) is 17.2 Å². The number of amides is 2. The van der Waals surface area contributed by atoms with E-state index in [1.807, 2.05) is 18.2 Å². The monoisotopic (exact) mass is 797 g/mol. The maximum Gasteiger partial charge on any atom is 0.408 e. The highest BCUT2D eigenvalue weighted by Crippen LogP contribution is 2.56. The van der Waals surface area contributed by atoms with Gasteiger partial charge in [0.25, 0.3) is 0 Å². The van der Waals surface area contributed by atoms with E-state index in [9.17, 15) is 24.0 Å². The average Bonchev–Trinajstić information content (AvgIpc) is 3.75. The summed E-state index contributed by atoms with van der Waals surface area (Å²) in [5.41, 5.74) is 14.9. The number of rotatable bonds is 14. The zero-order chi connectivity index (χ0) is 41.9. The van der Waals surface area contributed by atoms with Crippen molar-refractivity contribution in [2.24, 2.45) is 22.4 Å². The summed E-state index contributed by atoms with van der Waals surface area (Å²) in [5.74, 6) is -1.54. The standard InChI is InChI=1S/C42H51N7O9/c1-23(2)34(47-40(54)58-41(3,4)5)36(51)35(50)31-14-10-20-49(31)48-30(13-9-19-45-39(43)44)37(52)46-24-15-17-28-32(21-24)56-33-22-25(55-6)16-18-29(33)42(28)27-12-8-7-11-26(27)38(53)57-42/h7-8,11-12,15-18,21-23,30-31,34,48H,9-10,13-14,19-20H2,1-6H3,(H,46,52)(H,47,54)(H4,43,44,45)/t30?,31-,34-,42?/m0/s1. The van der Waals surface area contributed by atoms with Gasteiger partial charge in [-0.25, -0.2) is 20.0 Å². The number of nitrogens with zero attached hydrogens (tertiary/aromatic N) is 2. The summed E-state index contributed by atoms with van der Waals surface area (Å²) < 4.78 is 23.5. The van der Waals surface area contributed by atoms with Crippen molar-refractivity contribution in [1.82, 2.24) is 15.8 Å². The molecule has 1 saturated heterocycles. The van der Waals surface area contributed by atoms with Crippen molar-refractivity contribution in [3.05, 3.63) is 82.9 Å². The molecular weight excluding hydrogens is 747 g/mol. The van der Waals surface area contributed by atoms with Crippen LogP contribution >= 0.6 is 0 Å². The maximum absolute atomic E-state index is 14.2. The summed E-state index contributed by atoms with van der Waals surface area (Å²) in [4.78, 5) is 71.5. The Morgan fingerprint density at radius 1 is 1.00 bits per heavy atom. The van der Waals surface area contributed by atoms with Crippen molar-refractivity contribution in [3.63, 3.8) is 0 Å². The number of carbonyl (C=O) groups is 5. The summed E-state index contributed by atoms with van der Waals surface area (Å²) in [6.07, 6.45) is 0.804. The zero-order valence-corrected chi connectivity index (χ0v) is 33.5. The van der Waals surface area contributed by atoms with E-state index in [-0.39, 0.29) is 18.9 Å². The fourth-order valence-electron chi connectivity index (χ4n) is 7.53. The van der Waals surface area contributed by atoms with Crippen molar-refractivity contribution in [2.45, 2.75) is 89.6 Å². The number of hydrogen-bond acceptors (Lipinski definition) is 12. The highest BCUT2D eigenvalue weighted by Gasteiger charge is 2.53. The second kappa shape index (κ2) is 16.8. The molecule has 3 aromatic carbocycles. The van der Waals surface area contributed by atoms with Gasteiger partial charge in [-0.2, -0.15) is 0 Å². The van der Waals surface area contributed by atoms with Gasteiger partial charge in [-0.3, -0.25) is 19.4 Å². The third kappa shape index (κ3) is 8.62. The van der Waals surface area contributed by atoms with Gasteiger partial charge in [0.1, 0.15) is 34.9 Å². The molecule has 3 aliphatic heterocycles. The molecule has 16 nitrogen and oxygen atoms in total. The van der Waals surface area contributed by atoms with Crippen LogP contribution in [0.1, 0.15) is 87.4 Å². The van der Waals surface area contributed by atoms with Crippen molar-refractivity contribution >= 4 is 41.2 Å². The Hall–Kier alpha value is -6.00. The second-order valence-electron chi connectivity index (χ2n) is 15.9. The molecule has 58 heavy (non-hydrogen) atoms. The van der Waals surface area contributed by atoms with Crippen LogP contribution in [0.4, 0.5) is 10.5 Å². The molecule has 7 N–H and O–H groups in total. The molecule has 0 bridgehead atoms. The number of carbonyl (C=O) groups excluding carboxylic acids is 5. The number of hydrazine groups is 1. The summed E-state index contributed by atoms with van der Waals surface area (Å²) in [6, 6.07) is 14.7. The van der Waals surface area contributed by atoms with Gasteiger partial charge in [-0.1, -0.05) is 32.0 Å². The Balaban J connectivity index is 1.25. The van der Waals surface area contributed by atoms with Crippen LogP contribution in [0.5, 0.6) is 17.2 Å². The first-order valence-electron chi connectivity index (χ1n) is 19.3. The lowest BCUT2D eigenvalue weighted by atomic mass is 9.77. The number of anilines is 1. The lowest BCUT2D eigenvalue weighted by Crippen LogP contribution is -2.57. The zero-order valence-electron chi connectivity index (χ0n) is 33.5. The highest BCUT2D eigenvalue weighted by atomic mass is 16.6. The van der Waals surface area contributed by atoms with Gasteiger partial charge in [0.2, 0.25) is 17.5 Å². The number of esters is 1. The van der Waals surface area contributed by atoms with Gasteiger partial charge >= 0.3 is 12.1 Å². The van der Waals surface area contributed by atoms with E-state index in [4.69, 9.17) is 30.4 Å². The SMILES string of the molecule is COc1ccc2c(c1)Oc1cc(NC(=O)C(CCCN=C(N)N)NN3CCC[C@H]3C(=O)C(=O)[C@@H](NC(=O)OC(C)(C)C)C(C)C)ccc1C21OC(=O)c2ccccc21. The number of ether oxygens (including phenoxy) is 4. The number of Topliss-reactive ketones (excluding diaryl/α,β-unsaturated/α-hetero) is 2. The lowest BCUT2D eigenvalue weighted by Gasteiger charge is -2.36. The van der Waals surface area contributed by atoms with E-state index in [1.54, 1.807) is 89.2 Å². The van der Waals surface area contributed by atoms with Crippen LogP contribution in [0.15, 0.2) is 65.7 Å². The average molecular weight is 798 g/mol. The van der Waals surface area contributed by atoms with E-state index >= 15 is 0 Å². The molecule has 6 rings (SSSR count). The van der Waals surface area contributed by atoms with E-state index in [0.29, 0.717) is 71.0 Å². The quantitative estimate of drug-likeness (QED) is 0.0506. The van der Waals surface area contributed by atoms with Crippen LogP contribution in [0.25, 0.3) is 0 Å². The first kappa shape index (κ1) is 41.6. The largest absolute Gasteiger partial charge is 0.497 e. The Morgan fingerprint density at radius 2 is 1.71 bits per heavy atom. The molecule has 308 valence electrons. The predicted molar refractivity (Wildman–Crippen MR) is 214 cm³/mol. The Bertz CT molecular complexity index is 2130. The van der Waals surface area contributed by atoms with E-state index in [1.165, 1.54) is 0 Å². The molecule has 2 amide bonds. The van der Waals surface area contributed by atoms with Crippen molar-refractivity contribution in [1.29, 1.82) is 0 Å². The van der Waals surface area contributed by atoms with Crippen molar-refractivity contribution < 1.29 is 42.9 Å². The topological polar surface area (TPSA) is 226 Å². The summed E-state index contributed by atoms with van der Waals surface area (Å²) in [6.45, 7) is 9.20. The lowest BCUT2D eigenvalue weighted by molar-refractivity contribution is -0.142. The van der Waals surface area contributed by atoms with Crippen LogP contribution in [0, 0.1) is 5.92 Å². The first-order chi connectivity index (χ1) is 27.5. The number of alkyl carbamates (subject to hydrolysis) is 1. The van der Waals surface area contributed by atoms with Gasteiger partial charge in [0, 0.05) is 47.6 Å². The molecular formula is C42H51N7O9. The Kier molecular flexibility index (Phi) is 12.1. The molecule has 1 spiro atoms. The predicted octanol–water partition coefficient (Wildman–Crippen LogP) is 4.28. The first-order valence-corrected chi connectivity index (χ1v) is 19.3.